The fraction of sp³-hybridized carbons (Fsp3) is 0.938. The number of hydrogen-bond acceptors (Lipinski definition) is 2. The van der Waals surface area contributed by atoms with Gasteiger partial charge >= 0.3 is 0 Å². The number of nitrogens with one attached hydrogen (secondary N) is 1. The molecule has 0 unspecified atom stereocenters. The summed E-state index contributed by atoms with van der Waals surface area (Å²) in [6.07, 6.45) is 4.71. The van der Waals surface area contributed by atoms with Crippen LogP contribution in [0.15, 0.2) is 0 Å². The molecule has 1 saturated heterocycles. The number of rotatable bonds is 5. The number of nitrogens with zero attached hydrogens (tertiary/aromatic N) is 1. The van der Waals surface area contributed by atoms with E-state index < -0.39 is 0 Å². The van der Waals surface area contributed by atoms with Crippen molar-refractivity contribution in [2.45, 2.75) is 66.3 Å². The molecule has 0 bridgehead atoms. The highest BCUT2D eigenvalue weighted by Gasteiger charge is 2.30. The van der Waals surface area contributed by atoms with Gasteiger partial charge in [-0.3, -0.25) is 4.79 Å². The summed E-state index contributed by atoms with van der Waals surface area (Å²) >= 11 is 0. The molecule has 1 amide bonds. The molecule has 0 aromatic rings. The van der Waals surface area contributed by atoms with E-state index in [0.717, 1.165) is 38.4 Å². The van der Waals surface area contributed by atoms with Crippen molar-refractivity contribution in [1.29, 1.82) is 0 Å². The van der Waals surface area contributed by atoms with Crippen LogP contribution in [0.5, 0.6) is 0 Å². The van der Waals surface area contributed by atoms with E-state index in [-0.39, 0.29) is 5.41 Å². The summed E-state index contributed by atoms with van der Waals surface area (Å²) in [4.78, 5) is 14.2. The van der Waals surface area contributed by atoms with Gasteiger partial charge in [0.15, 0.2) is 0 Å². The van der Waals surface area contributed by atoms with Crippen molar-refractivity contribution in [3.8, 4) is 0 Å². The number of carbonyl (C=O) groups is 1. The van der Waals surface area contributed by atoms with Gasteiger partial charge in [-0.05, 0) is 25.3 Å². The lowest BCUT2D eigenvalue weighted by Crippen LogP contribution is -2.48. The molecule has 0 spiro atoms. The predicted octanol–water partition coefficient (Wildman–Crippen LogP) is 3.05. The first-order valence-electron chi connectivity index (χ1n) is 7.91. The third-order valence-corrected chi connectivity index (χ3v) is 4.27. The number of piperidine rings is 1. The largest absolute Gasteiger partial charge is 0.342 e. The molecule has 1 fully saturated rings. The molecule has 1 aliphatic heterocycles. The summed E-state index contributed by atoms with van der Waals surface area (Å²) in [7, 11) is 0. The van der Waals surface area contributed by atoms with Crippen LogP contribution in [0.1, 0.15) is 60.3 Å². The summed E-state index contributed by atoms with van der Waals surface area (Å²) in [6.45, 7) is 13.5. The van der Waals surface area contributed by atoms with Gasteiger partial charge in [-0.15, -0.1) is 0 Å². The molecule has 0 aromatic carbocycles. The zero-order valence-corrected chi connectivity index (χ0v) is 13.5. The lowest BCUT2D eigenvalue weighted by atomic mass is 9.93. The van der Waals surface area contributed by atoms with Crippen molar-refractivity contribution in [2.24, 2.45) is 11.3 Å². The van der Waals surface area contributed by atoms with Gasteiger partial charge in [0, 0.05) is 24.5 Å². The predicted molar refractivity (Wildman–Crippen MR) is 81.1 cm³/mol. The maximum absolute atomic E-state index is 12.2. The van der Waals surface area contributed by atoms with Crippen molar-refractivity contribution in [1.82, 2.24) is 10.2 Å². The summed E-state index contributed by atoms with van der Waals surface area (Å²) in [5.41, 5.74) is -0.240. The molecule has 1 N–H and O–H groups in total. The third kappa shape index (κ3) is 5.13. The molecule has 0 atom stereocenters. The molecule has 0 aliphatic carbocycles. The van der Waals surface area contributed by atoms with Crippen LogP contribution in [0.4, 0.5) is 0 Å². The smallest absolute Gasteiger partial charge is 0.227 e. The van der Waals surface area contributed by atoms with E-state index in [2.05, 4.69) is 19.2 Å². The van der Waals surface area contributed by atoms with Crippen molar-refractivity contribution in [3.05, 3.63) is 0 Å². The summed E-state index contributed by atoms with van der Waals surface area (Å²) in [5.74, 6) is 1.10. The first-order valence-corrected chi connectivity index (χ1v) is 7.91. The minimum atomic E-state index is -0.240. The maximum Gasteiger partial charge on any atom is 0.227 e. The number of likely N-dealkylation sites (tertiary alicyclic amines) is 1. The van der Waals surface area contributed by atoms with Crippen molar-refractivity contribution < 1.29 is 4.79 Å². The molecular formula is C16H32N2O. The van der Waals surface area contributed by atoms with E-state index in [1.54, 1.807) is 0 Å². The molecule has 1 rings (SSSR count). The molecule has 3 heteroatoms. The van der Waals surface area contributed by atoms with E-state index in [1.165, 1.54) is 12.8 Å². The van der Waals surface area contributed by atoms with Crippen LogP contribution in [0.3, 0.4) is 0 Å². The van der Waals surface area contributed by atoms with Gasteiger partial charge in [0.2, 0.25) is 5.91 Å². The molecular weight excluding hydrogens is 236 g/mol. The van der Waals surface area contributed by atoms with Crippen molar-refractivity contribution >= 4 is 5.91 Å². The van der Waals surface area contributed by atoms with Crippen LogP contribution in [0.2, 0.25) is 0 Å². The zero-order valence-electron chi connectivity index (χ0n) is 13.5. The van der Waals surface area contributed by atoms with E-state index in [4.69, 9.17) is 0 Å². The normalized spacial score (nSPS) is 18.1. The Morgan fingerprint density at radius 2 is 1.74 bits per heavy atom. The average Bonchev–Trinajstić information content (AvgIpc) is 2.39. The molecule has 0 saturated carbocycles. The van der Waals surface area contributed by atoms with Gasteiger partial charge in [-0.2, -0.15) is 0 Å². The first kappa shape index (κ1) is 16.5. The monoisotopic (exact) mass is 268 g/mol. The number of carbonyl (C=O) groups excluding carboxylic acids is 1. The fourth-order valence-electron chi connectivity index (χ4n) is 2.67. The minimum Gasteiger partial charge on any atom is -0.342 e. The van der Waals surface area contributed by atoms with E-state index in [0.29, 0.717) is 11.9 Å². The Labute approximate surface area is 119 Å². The summed E-state index contributed by atoms with van der Waals surface area (Å²) < 4.78 is 0. The fourth-order valence-corrected chi connectivity index (χ4v) is 2.67. The number of amides is 1. The molecule has 1 heterocycles. The van der Waals surface area contributed by atoms with Gasteiger partial charge in [0.1, 0.15) is 0 Å². The first-order chi connectivity index (χ1) is 8.88. The molecule has 1 aliphatic rings. The Morgan fingerprint density at radius 1 is 1.21 bits per heavy atom. The quantitative estimate of drug-likeness (QED) is 0.831. The highest BCUT2D eigenvalue weighted by molar-refractivity contribution is 5.81. The summed E-state index contributed by atoms with van der Waals surface area (Å²) in [5, 5.41) is 3.68. The van der Waals surface area contributed by atoms with E-state index in [1.807, 2.05) is 25.7 Å². The lowest BCUT2D eigenvalue weighted by molar-refractivity contribution is -0.140. The third-order valence-electron chi connectivity index (χ3n) is 4.27. The molecule has 3 nitrogen and oxygen atoms in total. The van der Waals surface area contributed by atoms with E-state index in [9.17, 15) is 4.79 Å². The Hall–Kier alpha value is -0.570. The molecule has 19 heavy (non-hydrogen) atoms. The van der Waals surface area contributed by atoms with Crippen LogP contribution in [-0.4, -0.2) is 36.5 Å². The van der Waals surface area contributed by atoms with Crippen molar-refractivity contribution in [2.75, 3.05) is 19.6 Å². The second-order valence-corrected chi connectivity index (χ2v) is 6.91. The Bertz CT molecular complexity index is 271. The standard InChI is InChI=1S/C16H32N2O/c1-6-13(7-2)12-17-14-8-10-18(11-9-14)15(19)16(3,4)5/h13-14,17H,6-12H2,1-5H3. The van der Waals surface area contributed by atoms with Gasteiger partial charge in [0.25, 0.3) is 0 Å². The van der Waals surface area contributed by atoms with Crippen LogP contribution < -0.4 is 5.32 Å². The maximum atomic E-state index is 12.2. The second-order valence-electron chi connectivity index (χ2n) is 6.91. The lowest BCUT2D eigenvalue weighted by Gasteiger charge is -2.36. The SMILES string of the molecule is CCC(CC)CNC1CCN(C(=O)C(C)(C)C)CC1. The highest BCUT2D eigenvalue weighted by Crippen LogP contribution is 2.21. The van der Waals surface area contributed by atoms with Gasteiger partial charge in [0.05, 0.1) is 0 Å². The van der Waals surface area contributed by atoms with Gasteiger partial charge in [-0.1, -0.05) is 47.5 Å². The number of hydrogen-bond donors (Lipinski definition) is 1. The highest BCUT2D eigenvalue weighted by atomic mass is 16.2. The van der Waals surface area contributed by atoms with Crippen molar-refractivity contribution in [3.63, 3.8) is 0 Å². The zero-order chi connectivity index (χ0) is 14.5. The Morgan fingerprint density at radius 3 is 2.16 bits per heavy atom. The molecule has 0 aromatic heterocycles. The minimum absolute atomic E-state index is 0.240. The Kier molecular flexibility index (Phi) is 6.31. The van der Waals surface area contributed by atoms with Gasteiger partial charge in [-0.25, -0.2) is 0 Å². The van der Waals surface area contributed by atoms with Crippen LogP contribution in [0, 0.1) is 11.3 Å². The van der Waals surface area contributed by atoms with Crippen LogP contribution in [-0.2, 0) is 4.79 Å². The van der Waals surface area contributed by atoms with Crippen LogP contribution in [0.25, 0.3) is 0 Å². The van der Waals surface area contributed by atoms with Crippen LogP contribution >= 0.6 is 0 Å². The van der Waals surface area contributed by atoms with E-state index >= 15 is 0 Å². The van der Waals surface area contributed by atoms with Gasteiger partial charge < -0.3 is 10.2 Å². The molecule has 0 radical (unpaired) electrons. The Balaban J connectivity index is 2.31. The average molecular weight is 268 g/mol. The topological polar surface area (TPSA) is 32.3 Å². The second kappa shape index (κ2) is 7.28. The molecule has 112 valence electrons. The summed E-state index contributed by atoms with van der Waals surface area (Å²) in [6, 6.07) is 0.601.